The smallest absolute Gasteiger partial charge is 0.315 e. The highest BCUT2D eigenvalue weighted by Crippen LogP contribution is 2.38. The van der Waals surface area contributed by atoms with Crippen LogP contribution < -0.4 is 10.6 Å². The van der Waals surface area contributed by atoms with E-state index in [1.165, 1.54) is 0 Å². The monoisotopic (exact) mass is 270 g/mol. The first-order valence-corrected chi connectivity index (χ1v) is 7.09. The van der Waals surface area contributed by atoms with E-state index < -0.39 is 11.4 Å². The van der Waals surface area contributed by atoms with Crippen LogP contribution in [0, 0.1) is 5.41 Å². The van der Waals surface area contributed by atoms with E-state index in [1.807, 2.05) is 20.8 Å². The normalized spacial score (nSPS) is 27.1. The van der Waals surface area contributed by atoms with Crippen molar-refractivity contribution in [3.8, 4) is 0 Å². The summed E-state index contributed by atoms with van der Waals surface area (Å²) in [6.45, 7) is 7.77. The molecule has 0 saturated heterocycles. The number of hydrogen-bond acceptors (Lipinski definition) is 2. The molecule has 2 atom stereocenters. The van der Waals surface area contributed by atoms with Crippen molar-refractivity contribution in [3.63, 3.8) is 0 Å². The summed E-state index contributed by atoms with van der Waals surface area (Å²) in [6.07, 6.45) is 3.87. The van der Waals surface area contributed by atoms with Crippen molar-refractivity contribution in [1.29, 1.82) is 0 Å². The van der Waals surface area contributed by atoms with Crippen LogP contribution in [0.4, 0.5) is 4.79 Å². The van der Waals surface area contributed by atoms with Crippen LogP contribution >= 0.6 is 0 Å². The van der Waals surface area contributed by atoms with Crippen LogP contribution in [0.2, 0.25) is 0 Å². The van der Waals surface area contributed by atoms with Gasteiger partial charge in [0.05, 0.1) is 5.41 Å². The van der Waals surface area contributed by atoms with Gasteiger partial charge in [0, 0.05) is 11.6 Å². The van der Waals surface area contributed by atoms with Crippen molar-refractivity contribution in [2.45, 2.75) is 71.4 Å². The Morgan fingerprint density at radius 2 is 1.95 bits per heavy atom. The molecule has 0 aromatic rings. The number of rotatable bonds is 5. The Morgan fingerprint density at radius 3 is 2.42 bits per heavy atom. The fraction of sp³-hybridized carbons (Fsp3) is 0.857. The summed E-state index contributed by atoms with van der Waals surface area (Å²) in [6, 6.07) is -0.548. The Labute approximate surface area is 115 Å². The lowest BCUT2D eigenvalue weighted by Crippen LogP contribution is -2.55. The Morgan fingerprint density at radius 1 is 1.37 bits per heavy atom. The van der Waals surface area contributed by atoms with Crippen molar-refractivity contribution in [3.05, 3.63) is 0 Å². The minimum absolute atomic E-state index is 0.234. The molecule has 5 nitrogen and oxygen atoms in total. The number of carboxylic acid groups (broad SMARTS) is 1. The van der Waals surface area contributed by atoms with Gasteiger partial charge >= 0.3 is 12.0 Å². The van der Waals surface area contributed by atoms with Crippen LogP contribution in [-0.4, -0.2) is 28.7 Å². The number of carbonyl (C=O) groups is 2. The topological polar surface area (TPSA) is 78.4 Å². The Bertz CT molecular complexity index is 353. The summed E-state index contributed by atoms with van der Waals surface area (Å²) in [5.74, 6) is -0.830. The summed E-state index contributed by atoms with van der Waals surface area (Å²) >= 11 is 0. The van der Waals surface area contributed by atoms with E-state index in [0.717, 1.165) is 25.7 Å². The molecular formula is C14H26N2O3. The third-order valence-electron chi connectivity index (χ3n) is 4.73. The fourth-order valence-electron chi connectivity index (χ4n) is 2.55. The molecule has 1 saturated carbocycles. The number of nitrogens with one attached hydrogen (secondary N) is 2. The predicted octanol–water partition coefficient (Wildman–Crippen LogP) is 2.51. The van der Waals surface area contributed by atoms with Gasteiger partial charge in [-0.05, 0) is 39.5 Å². The number of carbonyl (C=O) groups excluding carboxylic acids is 1. The third-order valence-corrected chi connectivity index (χ3v) is 4.73. The van der Waals surface area contributed by atoms with E-state index in [4.69, 9.17) is 0 Å². The summed E-state index contributed by atoms with van der Waals surface area (Å²) < 4.78 is 0. The van der Waals surface area contributed by atoms with Crippen LogP contribution in [0.25, 0.3) is 0 Å². The van der Waals surface area contributed by atoms with Crippen molar-refractivity contribution < 1.29 is 14.7 Å². The molecule has 0 heterocycles. The van der Waals surface area contributed by atoms with Gasteiger partial charge in [0.15, 0.2) is 0 Å². The molecule has 1 aliphatic rings. The quantitative estimate of drug-likeness (QED) is 0.718. The maximum atomic E-state index is 12.0. The van der Waals surface area contributed by atoms with E-state index >= 15 is 0 Å². The zero-order valence-corrected chi connectivity index (χ0v) is 12.4. The second kappa shape index (κ2) is 5.80. The molecule has 2 unspecified atom stereocenters. The molecule has 19 heavy (non-hydrogen) atoms. The zero-order chi connectivity index (χ0) is 14.7. The standard InChI is InChI=1S/C14H26N2O3/c1-5-13(3,6-2)16-12(19)15-10-8-7-9-14(10,4)11(17)18/h10H,5-9H2,1-4H3,(H,17,18)(H2,15,16,19). The summed E-state index contributed by atoms with van der Waals surface area (Å²) in [7, 11) is 0. The number of aliphatic carboxylic acids is 1. The zero-order valence-electron chi connectivity index (χ0n) is 12.4. The van der Waals surface area contributed by atoms with Crippen molar-refractivity contribution in [2.75, 3.05) is 0 Å². The molecule has 1 aliphatic carbocycles. The highest BCUT2D eigenvalue weighted by molar-refractivity contribution is 5.79. The Balaban J connectivity index is 2.65. The lowest BCUT2D eigenvalue weighted by molar-refractivity contribution is -0.148. The molecule has 0 spiro atoms. The van der Waals surface area contributed by atoms with Gasteiger partial charge in [-0.3, -0.25) is 4.79 Å². The van der Waals surface area contributed by atoms with Gasteiger partial charge in [-0.2, -0.15) is 0 Å². The molecule has 1 rings (SSSR count). The van der Waals surface area contributed by atoms with E-state index in [1.54, 1.807) is 6.92 Å². The first-order chi connectivity index (χ1) is 8.77. The van der Waals surface area contributed by atoms with Gasteiger partial charge in [0.25, 0.3) is 0 Å². The highest BCUT2D eigenvalue weighted by atomic mass is 16.4. The van der Waals surface area contributed by atoms with Gasteiger partial charge in [-0.25, -0.2) is 4.79 Å². The van der Waals surface area contributed by atoms with Crippen LogP contribution in [0.1, 0.15) is 59.8 Å². The number of hydrogen-bond donors (Lipinski definition) is 3. The molecule has 0 aromatic heterocycles. The largest absolute Gasteiger partial charge is 0.481 e. The van der Waals surface area contributed by atoms with Gasteiger partial charge in [-0.15, -0.1) is 0 Å². The number of amides is 2. The average molecular weight is 270 g/mol. The van der Waals surface area contributed by atoms with Crippen LogP contribution in [0.15, 0.2) is 0 Å². The van der Waals surface area contributed by atoms with E-state index in [-0.39, 0.29) is 17.6 Å². The molecule has 1 fully saturated rings. The van der Waals surface area contributed by atoms with Gasteiger partial charge in [-0.1, -0.05) is 20.3 Å². The van der Waals surface area contributed by atoms with Crippen LogP contribution in [0.3, 0.4) is 0 Å². The number of carboxylic acids is 1. The van der Waals surface area contributed by atoms with Crippen molar-refractivity contribution in [1.82, 2.24) is 10.6 Å². The minimum atomic E-state index is -0.841. The lowest BCUT2D eigenvalue weighted by atomic mass is 9.85. The average Bonchev–Trinajstić information content (AvgIpc) is 2.72. The van der Waals surface area contributed by atoms with Crippen LogP contribution in [-0.2, 0) is 4.79 Å². The molecule has 5 heteroatoms. The molecular weight excluding hydrogens is 244 g/mol. The fourth-order valence-corrected chi connectivity index (χ4v) is 2.55. The highest BCUT2D eigenvalue weighted by Gasteiger charge is 2.46. The van der Waals surface area contributed by atoms with Crippen molar-refractivity contribution >= 4 is 12.0 Å². The molecule has 2 amide bonds. The Hall–Kier alpha value is -1.26. The number of urea groups is 1. The van der Waals surface area contributed by atoms with E-state index in [0.29, 0.717) is 6.42 Å². The molecule has 0 radical (unpaired) electrons. The van der Waals surface area contributed by atoms with Crippen LogP contribution in [0.5, 0.6) is 0 Å². The maximum absolute atomic E-state index is 12.0. The summed E-state index contributed by atoms with van der Waals surface area (Å²) in [5.41, 5.74) is -1.07. The molecule has 0 aliphatic heterocycles. The maximum Gasteiger partial charge on any atom is 0.315 e. The SMILES string of the molecule is CCC(C)(CC)NC(=O)NC1CCCC1(C)C(=O)O. The lowest BCUT2D eigenvalue weighted by Gasteiger charge is -2.32. The second-order valence-corrected chi connectivity index (χ2v) is 6.03. The predicted molar refractivity (Wildman–Crippen MR) is 74.0 cm³/mol. The summed E-state index contributed by atoms with van der Waals surface area (Å²) in [4.78, 5) is 23.4. The second-order valence-electron chi connectivity index (χ2n) is 6.03. The van der Waals surface area contributed by atoms with Gasteiger partial charge in [0.2, 0.25) is 0 Å². The van der Waals surface area contributed by atoms with Gasteiger partial charge in [0.1, 0.15) is 0 Å². The third kappa shape index (κ3) is 3.39. The van der Waals surface area contributed by atoms with Gasteiger partial charge < -0.3 is 15.7 Å². The summed E-state index contributed by atoms with van der Waals surface area (Å²) in [5, 5.41) is 15.1. The molecule has 0 bridgehead atoms. The molecule has 0 aromatic carbocycles. The molecule has 110 valence electrons. The first kappa shape index (κ1) is 15.8. The first-order valence-electron chi connectivity index (χ1n) is 7.09. The Kier molecular flexibility index (Phi) is 4.82. The minimum Gasteiger partial charge on any atom is -0.481 e. The molecule has 3 N–H and O–H groups in total. The van der Waals surface area contributed by atoms with E-state index in [9.17, 15) is 14.7 Å². The van der Waals surface area contributed by atoms with E-state index in [2.05, 4.69) is 10.6 Å². The van der Waals surface area contributed by atoms with Crippen molar-refractivity contribution in [2.24, 2.45) is 5.41 Å².